The number of rotatable bonds is 11. The molecule has 0 spiro atoms. The van der Waals surface area contributed by atoms with E-state index in [0.717, 1.165) is 31.2 Å². The van der Waals surface area contributed by atoms with Crippen molar-refractivity contribution in [2.24, 2.45) is 5.73 Å². The van der Waals surface area contributed by atoms with Gasteiger partial charge in [-0.3, -0.25) is 14.4 Å². The molecule has 0 aliphatic carbocycles. The van der Waals surface area contributed by atoms with Crippen molar-refractivity contribution < 1.29 is 14.4 Å². The Morgan fingerprint density at radius 3 is 2.07 bits per heavy atom. The zero-order chi connectivity index (χ0) is 19.5. The Morgan fingerprint density at radius 2 is 1.48 bits per heavy atom. The third-order valence-electron chi connectivity index (χ3n) is 4.32. The Kier molecular flexibility index (Phi) is 8.68. The smallest absolute Gasteiger partial charge is 0.247 e. The molecule has 5 nitrogen and oxygen atoms in total. The minimum Gasteiger partial charge on any atom is -0.322 e. The van der Waals surface area contributed by atoms with Gasteiger partial charge in [-0.1, -0.05) is 54.6 Å². The first kappa shape index (κ1) is 20.8. The van der Waals surface area contributed by atoms with Gasteiger partial charge in [-0.15, -0.1) is 0 Å². The normalized spacial score (nSPS) is 11.8. The Labute approximate surface area is 160 Å². The molecular weight excluding hydrogens is 340 g/mol. The Morgan fingerprint density at radius 1 is 0.926 bits per heavy atom. The van der Waals surface area contributed by atoms with E-state index in [2.05, 4.69) is 41.9 Å². The third kappa shape index (κ3) is 8.15. The van der Waals surface area contributed by atoms with Crippen molar-refractivity contribution in [3.05, 3.63) is 71.3 Å². The van der Waals surface area contributed by atoms with Crippen LogP contribution in [-0.4, -0.2) is 24.3 Å². The number of hydrogen-bond acceptors (Lipinski definition) is 4. The van der Waals surface area contributed by atoms with Crippen molar-refractivity contribution in [2.75, 3.05) is 6.61 Å². The summed E-state index contributed by atoms with van der Waals surface area (Å²) in [5, 5.41) is 0. The molecule has 0 radical (unpaired) electrons. The quantitative estimate of drug-likeness (QED) is 0.472. The molecule has 0 aliphatic heterocycles. The number of nitrogens with two attached hydrogens (primary N) is 1. The second-order valence-electron chi connectivity index (χ2n) is 6.75. The van der Waals surface area contributed by atoms with Gasteiger partial charge < -0.3 is 5.73 Å². The highest BCUT2D eigenvalue weighted by atomic mass is 16.7. The average Bonchev–Trinajstić information content (AvgIpc) is 2.67. The SMILES string of the molecule is CC(N)C(=O)CONC(=O)Cc1ccc(CCCCc2ccccc2)cc1. The molecule has 1 unspecified atom stereocenters. The molecule has 2 aromatic rings. The highest BCUT2D eigenvalue weighted by molar-refractivity contribution is 5.84. The maximum atomic E-state index is 11.8. The number of unbranched alkanes of at least 4 members (excludes halogenated alkanes) is 1. The van der Waals surface area contributed by atoms with Crippen molar-refractivity contribution in [1.82, 2.24) is 5.48 Å². The lowest BCUT2D eigenvalue weighted by atomic mass is 10.0. The number of Topliss-reactive ketones (excluding diaryl/α,β-unsaturated/α-hetero) is 1. The van der Waals surface area contributed by atoms with Gasteiger partial charge in [0.1, 0.15) is 6.61 Å². The van der Waals surface area contributed by atoms with E-state index in [1.807, 2.05) is 18.2 Å². The van der Waals surface area contributed by atoms with Crippen molar-refractivity contribution in [1.29, 1.82) is 0 Å². The van der Waals surface area contributed by atoms with E-state index >= 15 is 0 Å². The first-order chi connectivity index (χ1) is 13.0. The predicted molar refractivity (Wildman–Crippen MR) is 106 cm³/mol. The van der Waals surface area contributed by atoms with Gasteiger partial charge in [0.15, 0.2) is 5.78 Å². The van der Waals surface area contributed by atoms with Crippen molar-refractivity contribution in [2.45, 2.75) is 45.1 Å². The first-order valence-electron chi connectivity index (χ1n) is 9.35. The van der Waals surface area contributed by atoms with Gasteiger partial charge in [-0.05, 0) is 49.3 Å². The lowest BCUT2D eigenvalue weighted by Crippen LogP contribution is -2.34. The second kappa shape index (κ2) is 11.3. The average molecular weight is 368 g/mol. The van der Waals surface area contributed by atoms with Crippen LogP contribution in [-0.2, 0) is 33.7 Å². The number of carbonyl (C=O) groups excluding carboxylic acids is 2. The van der Waals surface area contributed by atoms with E-state index in [0.29, 0.717) is 0 Å². The van der Waals surface area contributed by atoms with Gasteiger partial charge in [0, 0.05) is 0 Å². The van der Waals surface area contributed by atoms with Gasteiger partial charge in [0.05, 0.1) is 12.5 Å². The van der Waals surface area contributed by atoms with Gasteiger partial charge in [0.2, 0.25) is 5.91 Å². The van der Waals surface area contributed by atoms with Gasteiger partial charge >= 0.3 is 0 Å². The molecule has 3 N–H and O–H groups in total. The maximum Gasteiger partial charge on any atom is 0.247 e. The molecule has 0 bridgehead atoms. The van der Waals surface area contributed by atoms with Crippen LogP contribution >= 0.6 is 0 Å². The molecule has 2 aromatic carbocycles. The largest absolute Gasteiger partial charge is 0.322 e. The van der Waals surface area contributed by atoms with Crippen LogP contribution in [0.25, 0.3) is 0 Å². The molecule has 2 rings (SSSR count). The number of carbonyl (C=O) groups is 2. The van der Waals surface area contributed by atoms with E-state index < -0.39 is 6.04 Å². The second-order valence-corrected chi connectivity index (χ2v) is 6.75. The third-order valence-corrected chi connectivity index (χ3v) is 4.32. The molecule has 27 heavy (non-hydrogen) atoms. The number of hydrogen-bond donors (Lipinski definition) is 2. The molecule has 1 atom stereocenters. The highest BCUT2D eigenvalue weighted by Crippen LogP contribution is 2.11. The standard InChI is InChI=1S/C22H28N2O3/c1-17(23)21(25)16-27-24-22(26)15-20-13-11-19(12-14-20)10-6-5-9-18-7-3-2-4-8-18/h2-4,7-8,11-14,17H,5-6,9-10,15-16,23H2,1H3,(H,24,26). The molecule has 1 amide bonds. The fourth-order valence-corrected chi connectivity index (χ4v) is 2.67. The number of hydroxylamine groups is 1. The fourth-order valence-electron chi connectivity index (χ4n) is 2.67. The van der Waals surface area contributed by atoms with Crippen LogP contribution in [0.3, 0.4) is 0 Å². The molecule has 0 aromatic heterocycles. The van der Waals surface area contributed by atoms with Crippen LogP contribution in [0.4, 0.5) is 0 Å². The molecule has 0 aliphatic rings. The summed E-state index contributed by atoms with van der Waals surface area (Å²) >= 11 is 0. The van der Waals surface area contributed by atoms with E-state index in [1.54, 1.807) is 6.92 Å². The van der Waals surface area contributed by atoms with Crippen LogP contribution in [0.1, 0.15) is 36.5 Å². The number of ketones is 1. The highest BCUT2D eigenvalue weighted by Gasteiger charge is 2.09. The summed E-state index contributed by atoms with van der Waals surface area (Å²) in [5.41, 5.74) is 11.2. The number of benzene rings is 2. The van der Waals surface area contributed by atoms with Crippen molar-refractivity contribution in [3.63, 3.8) is 0 Å². The Balaban J connectivity index is 1.65. The molecule has 5 heteroatoms. The van der Waals surface area contributed by atoms with Gasteiger partial charge in [-0.25, -0.2) is 5.48 Å². The van der Waals surface area contributed by atoms with Crippen LogP contribution in [0.2, 0.25) is 0 Å². The summed E-state index contributed by atoms with van der Waals surface area (Å²) in [6, 6.07) is 18.0. The first-order valence-corrected chi connectivity index (χ1v) is 9.35. The van der Waals surface area contributed by atoms with E-state index in [9.17, 15) is 9.59 Å². The van der Waals surface area contributed by atoms with Crippen LogP contribution in [0, 0.1) is 0 Å². The Bertz CT molecular complexity index is 712. The number of aryl methyl sites for hydroxylation is 2. The zero-order valence-electron chi connectivity index (χ0n) is 15.8. The summed E-state index contributed by atoms with van der Waals surface area (Å²) in [6.45, 7) is 1.36. The molecule has 144 valence electrons. The van der Waals surface area contributed by atoms with Gasteiger partial charge in [0.25, 0.3) is 0 Å². The summed E-state index contributed by atoms with van der Waals surface area (Å²) < 4.78 is 0. The molecule has 0 saturated heterocycles. The van der Waals surface area contributed by atoms with Crippen LogP contribution < -0.4 is 11.2 Å². The summed E-state index contributed by atoms with van der Waals surface area (Å²) in [6.07, 6.45) is 4.63. The zero-order valence-corrected chi connectivity index (χ0v) is 15.8. The summed E-state index contributed by atoms with van der Waals surface area (Å²) in [5.74, 6) is -0.546. The predicted octanol–water partition coefficient (Wildman–Crippen LogP) is 2.76. The topological polar surface area (TPSA) is 81.4 Å². The Hall–Kier alpha value is -2.50. The minimum absolute atomic E-state index is 0.209. The van der Waals surface area contributed by atoms with E-state index in [1.165, 1.54) is 11.1 Å². The van der Waals surface area contributed by atoms with Gasteiger partial charge in [-0.2, -0.15) is 0 Å². The van der Waals surface area contributed by atoms with Crippen molar-refractivity contribution in [3.8, 4) is 0 Å². The van der Waals surface area contributed by atoms with E-state index in [4.69, 9.17) is 10.6 Å². The monoisotopic (exact) mass is 368 g/mol. The number of amides is 1. The number of nitrogens with one attached hydrogen (secondary N) is 1. The minimum atomic E-state index is -0.595. The lowest BCUT2D eigenvalue weighted by molar-refractivity contribution is -0.138. The molecule has 0 heterocycles. The van der Waals surface area contributed by atoms with Crippen LogP contribution in [0.15, 0.2) is 54.6 Å². The van der Waals surface area contributed by atoms with E-state index in [-0.39, 0.29) is 24.7 Å². The van der Waals surface area contributed by atoms with Crippen LogP contribution in [0.5, 0.6) is 0 Å². The maximum absolute atomic E-state index is 11.8. The summed E-state index contributed by atoms with van der Waals surface area (Å²) in [7, 11) is 0. The lowest BCUT2D eigenvalue weighted by Gasteiger charge is -2.08. The molecular formula is C22H28N2O3. The van der Waals surface area contributed by atoms with Crippen molar-refractivity contribution >= 4 is 11.7 Å². The molecule has 0 fully saturated rings. The summed E-state index contributed by atoms with van der Waals surface area (Å²) in [4.78, 5) is 28.0. The molecule has 0 saturated carbocycles. The fraction of sp³-hybridized carbons (Fsp3) is 0.364.